The summed E-state index contributed by atoms with van der Waals surface area (Å²) in [6.07, 6.45) is 0. The Morgan fingerprint density at radius 2 is 2.27 bits per heavy atom. The molecule has 0 radical (unpaired) electrons. The van der Waals surface area contributed by atoms with Gasteiger partial charge in [-0.3, -0.25) is 4.79 Å². The zero-order valence-corrected chi connectivity index (χ0v) is 8.84. The molecule has 0 bridgehead atoms. The fourth-order valence-electron chi connectivity index (χ4n) is 1.15. The van der Waals surface area contributed by atoms with Crippen LogP contribution in [0.1, 0.15) is 19.4 Å². The average Bonchev–Trinajstić information content (AvgIpc) is 2.19. The predicted octanol–water partition coefficient (Wildman–Crippen LogP) is 1.86. The van der Waals surface area contributed by atoms with Gasteiger partial charge >= 0.3 is 0 Å². The van der Waals surface area contributed by atoms with Crippen molar-refractivity contribution in [3.05, 3.63) is 29.6 Å². The number of carbonyl (C=O) groups excluding carboxylic acids is 1. The lowest BCUT2D eigenvalue weighted by molar-refractivity contribution is -0.119. The van der Waals surface area contributed by atoms with Crippen LogP contribution < -0.4 is 10.1 Å². The highest BCUT2D eigenvalue weighted by Crippen LogP contribution is 2.18. The van der Waals surface area contributed by atoms with E-state index in [1.54, 1.807) is 19.1 Å². The van der Waals surface area contributed by atoms with Crippen molar-refractivity contribution in [3.8, 4) is 5.75 Å². The normalized spacial score (nSPS) is 9.80. The van der Waals surface area contributed by atoms with Crippen molar-refractivity contribution in [1.82, 2.24) is 5.32 Å². The van der Waals surface area contributed by atoms with Crippen LogP contribution in [-0.4, -0.2) is 12.5 Å². The number of rotatable bonds is 4. The molecule has 0 aliphatic carbocycles. The highest BCUT2D eigenvalue weighted by molar-refractivity contribution is 5.72. The summed E-state index contributed by atoms with van der Waals surface area (Å²) >= 11 is 0. The molecule has 82 valence electrons. The van der Waals surface area contributed by atoms with E-state index in [1.807, 2.05) is 0 Å². The third-order valence-corrected chi connectivity index (χ3v) is 1.84. The Balaban J connectivity index is 2.68. The largest absolute Gasteiger partial charge is 0.491 e. The van der Waals surface area contributed by atoms with Gasteiger partial charge < -0.3 is 10.1 Å². The van der Waals surface area contributed by atoms with E-state index in [1.165, 1.54) is 13.0 Å². The van der Waals surface area contributed by atoms with Crippen LogP contribution in [0.15, 0.2) is 18.2 Å². The molecule has 0 heterocycles. The summed E-state index contributed by atoms with van der Waals surface area (Å²) < 4.78 is 18.4. The Morgan fingerprint density at radius 3 is 2.80 bits per heavy atom. The van der Waals surface area contributed by atoms with Crippen molar-refractivity contribution in [1.29, 1.82) is 0 Å². The Hall–Kier alpha value is -1.58. The maximum absolute atomic E-state index is 13.3. The second-order valence-electron chi connectivity index (χ2n) is 3.11. The van der Waals surface area contributed by atoms with Crippen molar-refractivity contribution in [2.45, 2.75) is 20.4 Å². The van der Waals surface area contributed by atoms with Gasteiger partial charge in [0, 0.05) is 13.5 Å². The molecule has 0 atom stereocenters. The zero-order valence-electron chi connectivity index (χ0n) is 8.84. The Bertz CT molecular complexity index is 352. The molecular weight excluding hydrogens is 197 g/mol. The molecule has 15 heavy (non-hydrogen) atoms. The first-order valence-electron chi connectivity index (χ1n) is 4.79. The molecular formula is C11H14FNO2. The van der Waals surface area contributed by atoms with E-state index in [-0.39, 0.29) is 11.7 Å². The smallest absolute Gasteiger partial charge is 0.217 e. The summed E-state index contributed by atoms with van der Waals surface area (Å²) in [4.78, 5) is 10.6. The van der Waals surface area contributed by atoms with Crippen LogP contribution in [0.4, 0.5) is 4.39 Å². The zero-order chi connectivity index (χ0) is 11.3. The van der Waals surface area contributed by atoms with E-state index < -0.39 is 5.82 Å². The summed E-state index contributed by atoms with van der Waals surface area (Å²) in [5, 5.41) is 2.59. The standard InChI is InChI=1S/C11H14FNO2/c1-3-15-11-5-4-9(6-10(11)12)7-13-8(2)14/h4-6H,3,7H2,1-2H3,(H,13,14). The molecule has 1 aromatic carbocycles. The van der Waals surface area contributed by atoms with Gasteiger partial charge in [0.25, 0.3) is 0 Å². The monoisotopic (exact) mass is 211 g/mol. The first-order chi connectivity index (χ1) is 7.13. The minimum atomic E-state index is -0.403. The lowest BCUT2D eigenvalue weighted by Crippen LogP contribution is -2.18. The van der Waals surface area contributed by atoms with Gasteiger partial charge in [-0.1, -0.05) is 6.07 Å². The van der Waals surface area contributed by atoms with E-state index >= 15 is 0 Å². The molecule has 0 saturated heterocycles. The molecule has 0 unspecified atom stereocenters. The fraction of sp³-hybridized carbons (Fsp3) is 0.364. The SMILES string of the molecule is CCOc1ccc(CNC(C)=O)cc1F. The van der Waals surface area contributed by atoms with Crippen molar-refractivity contribution >= 4 is 5.91 Å². The number of amides is 1. The number of nitrogens with one attached hydrogen (secondary N) is 1. The van der Waals surface area contributed by atoms with E-state index in [0.29, 0.717) is 18.7 Å². The number of hydrogen-bond donors (Lipinski definition) is 1. The number of halogens is 1. The quantitative estimate of drug-likeness (QED) is 0.825. The average molecular weight is 211 g/mol. The molecule has 3 nitrogen and oxygen atoms in total. The topological polar surface area (TPSA) is 38.3 Å². The van der Waals surface area contributed by atoms with Gasteiger partial charge in [0.15, 0.2) is 11.6 Å². The molecule has 0 saturated carbocycles. The van der Waals surface area contributed by atoms with Crippen LogP contribution in [0.25, 0.3) is 0 Å². The third-order valence-electron chi connectivity index (χ3n) is 1.84. The summed E-state index contributed by atoms with van der Waals surface area (Å²) in [6, 6.07) is 4.65. The minimum Gasteiger partial charge on any atom is -0.491 e. The predicted molar refractivity (Wildman–Crippen MR) is 55.1 cm³/mol. The van der Waals surface area contributed by atoms with Gasteiger partial charge in [0.05, 0.1) is 6.61 Å². The van der Waals surface area contributed by atoms with Gasteiger partial charge in [-0.05, 0) is 24.6 Å². The summed E-state index contributed by atoms with van der Waals surface area (Å²) in [7, 11) is 0. The second kappa shape index (κ2) is 5.34. The van der Waals surface area contributed by atoms with Crippen LogP contribution in [0.2, 0.25) is 0 Å². The lowest BCUT2D eigenvalue weighted by atomic mass is 10.2. The van der Waals surface area contributed by atoms with E-state index in [0.717, 1.165) is 0 Å². The van der Waals surface area contributed by atoms with Crippen molar-refractivity contribution in [2.24, 2.45) is 0 Å². The molecule has 1 amide bonds. The van der Waals surface area contributed by atoms with Gasteiger partial charge in [-0.2, -0.15) is 0 Å². The Morgan fingerprint density at radius 1 is 1.53 bits per heavy atom. The van der Waals surface area contributed by atoms with Crippen LogP contribution in [-0.2, 0) is 11.3 Å². The van der Waals surface area contributed by atoms with E-state index in [4.69, 9.17) is 4.74 Å². The molecule has 0 spiro atoms. The maximum Gasteiger partial charge on any atom is 0.217 e. The summed E-state index contributed by atoms with van der Waals surface area (Å²) in [6.45, 7) is 3.98. The molecule has 0 aliphatic rings. The number of ether oxygens (including phenoxy) is 1. The van der Waals surface area contributed by atoms with Crippen LogP contribution in [0, 0.1) is 5.82 Å². The number of hydrogen-bond acceptors (Lipinski definition) is 2. The van der Waals surface area contributed by atoms with Crippen molar-refractivity contribution < 1.29 is 13.9 Å². The Kier molecular flexibility index (Phi) is 4.09. The van der Waals surface area contributed by atoms with E-state index in [9.17, 15) is 9.18 Å². The summed E-state index contributed by atoms with van der Waals surface area (Å²) in [5.74, 6) is -0.298. The molecule has 1 aromatic rings. The number of benzene rings is 1. The molecule has 0 aromatic heterocycles. The third kappa shape index (κ3) is 3.58. The van der Waals surface area contributed by atoms with Gasteiger partial charge in [0.2, 0.25) is 5.91 Å². The molecule has 1 N–H and O–H groups in total. The first kappa shape index (κ1) is 11.5. The van der Waals surface area contributed by atoms with Crippen LogP contribution in [0.3, 0.4) is 0 Å². The molecule has 4 heteroatoms. The van der Waals surface area contributed by atoms with E-state index in [2.05, 4.69) is 5.32 Å². The van der Waals surface area contributed by atoms with Gasteiger partial charge in [0.1, 0.15) is 0 Å². The molecule has 1 rings (SSSR count). The van der Waals surface area contributed by atoms with Gasteiger partial charge in [-0.25, -0.2) is 4.39 Å². The van der Waals surface area contributed by atoms with Crippen molar-refractivity contribution in [3.63, 3.8) is 0 Å². The van der Waals surface area contributed by atoms with Crippen LogP contribution in [0.5, 0.6) is 5.75 Å². The maximum atomic E-state index is 13.3. The first-order valence-corrected chi connectivity index (χ1v) is 4.79. The Labute approximate surface area is 88.2 Å². The second-order valence-corrected chi connectivity index (χ2v) is 3.11. The lowest BCUT2D eigenvalue weighted by Gasteiger charge is -2.07. The molecule has 0 aliphatic heterocycles. The number of carbonyl (C=O) groups is 1. The van der Waals surface area contributed by atoms with Crippen LogP contribution >= 0.6 is 0 Å². The van der Waals surface area contributed by atoms with Gasteiger partial charge in [-0.15, -0.1) is 0 Å². The van der Waals surface area contributed by atoms with Crippen molar-refractivity contribution in [2.75, 3.05) is 6.61 Å². The fourth-order valence-corrected chi connectivity index (χ4v) is 1.15. The summed E-state index contributed by atoms with van der Waals surface area (Å²) in [5.41, 5.74) is 0.714. The highest BCUT2D eigenvalue weighted by atomic mass is 19.1. The molecule has 0 fully saturated rings. The minimum absolute atomic E-state index is 0.135. The highest BCUT2D eigenvalue weighted by Gasteiger charge is 2.04.